The number of para-hydroxylation sites is 2. The SMILES string of the molecule is O=C(CN(c1ccccc1)S(=O)(=O)c1ccc(Cl)cc1)Nc1ccccc1SCc1ccc(Cl)cc1. The third-order valence-electron chi connectivity index (χ3n) is 5.20. The summed E-state index contributed by atoms with van der Waals surface area (Å²) in [6.45, 7) is -0.398. The minimum Gasteiger partial charge on any atom is -0.323 e. The van der Waals surface area contributed by atoms with Gasteiger partial charge in [-0.2, -0.15) is 0 Å². The number of amides is 1. The van der Waals surface area contributed by atoms with E-state index in [1.165, 1.54) is 24.3 Å². The van der Waals surface area contributed by atoms with Crippen LogP contribution in [0, 0.1) is 0 Å². The van der Waals surface area contributed by atoms with Crippen LogP contribution >= 0.6 is 35.0 Å². The maximum Gasteiger partial charge on any atom is 0.264 e. The second kappa shape index (κ2) is 11.8. The van der Waals surface area contributed by atoms with Gasteiger partial charge in [-0.3, -0.25) is 9.10 Å². The molecule has 4 aromatic carbocycles. The Morgan fingerprint density at radius 3 is 2.03 bits per heavy atom. The molecule has 4 aromatic rings. The van der Waals surface area contributed by atoms with Gasteiger partial charge in [0.2, 0.25) is 5.91 Å². The van der Waals surface area contributed by atoms with E-state index >= 15 is 0 Å². The standard InChI is InChI=1S/C27H22Cl2N2O3S2/c28-21-12-10-20(11-13-21)19-35-26-9-5-4-8-25(26)30-27(32)18-31(23-6-2-1-3-7-23)36(33,34)24-16-14-22(29)15-17-24/h1-17H,18-19H2,(H,30,32). The van der Waals surface area contributed by atoms with Crippen LogP contribution in [-0.2, 0) is 20.6 Å². The van der Waals surface area contributed by atoms with Crippen LogP contribution in [0.25, 0.3) is 0 Å². The minimum atomic E-state index is -4.02. The average molecular weight is 558 g/mol. The second-order valence-electron chi connectivity index (χ2n) is 7.76. The molecule has 0 atom stereocenters. The third-order valence-corrected chi connectivity index (χ3v) is 8.64. The number of rotatable bonds is 9. The summed E-state index contributed by atoms with van der Waals surface area (Å²) in [5.74, 6) is 0.224. The highest BCUT2D eigenvalue weighted by Gasteiger charge is 2.27. The molecule has 1 amide bonds. The lowest BCUT2D eigenvalue weighted by molar-refractivity contribution is -0.114. The first-order valence-corrected chi connectivity index (χ1v) is 14.1. The van der Waals surface area contributed by atoms with Gasteiger partial charge in [-0.05, 0) is 66.2 Å². The number of benzene rings is 4. The summed E-state index contributed by atoms with van der Waals surface area (Å²) in [6.07, 6.45) is 0. The van der Waals surface area contributed by atoms with Crippen LogP contribution in [-0.4, -0.2) is 20.9 Å². The number of carbonyl (C=O) groups excluding carboxylic acids is 1. The second-order valence-corrected chi connectivity index (χ2v) is 11.5. The lowest BCUT2D eigenvalue weighted by Gasteiger charge is -2.24. The van der Waals surface area contributed by atoms with Crippen molar-refractivity contribution < 1.29 is 13.2 Å². The van der Waals surface area contributed by atoms with E-state index in [-0.39, 0.29) is 4.90 Å². The molecular formula is C27H22Cl2N2O3S2. The maximum absolute atomic E-state index is 13.5. The van der Waals surface area contributed by atoms with Crippen LogP contribution < -0.4 is 9.62 Å². The van der Waals surface area contributed by atoms with Gasteiger partial charge in [0, 0.05) is 20.7 Å². The molecule has 0 bridgehead atoms. The van der Waals surface area contributed by atoms with Crippen LogP contribution in [0.4, 0.5) is 11.4 Å². The van der Waals surface area contributed by atoms with Gasteiger partial charge in [-0.25, -0.2) is 8.42 Å². The zero-order chi connectivity index (χ0) is 25.5. The zero-order valence-corrected chi connectivity index (χ0v) is 22.1. The minimum absolute atomic E-state index is 0.0440. The number of carbonyl (C=O) groups is 1. The first kappa shape index (κ1) is 26.1. The van der Waals surface area contributed by atoms with Crippen LogP contribution in [0.1, 0.15) is 5.56 Å². The van der Waals surface area contributed by atoms with Crippen molar-refractivity contribution >= 4 is 62.3 Å². The smallest absolute Gasteiger partial charge is 0.264 e. The molecule has 0 saturated carbocycles. The Hall–Kier alpha value is -2.97. The fourth-order valence-electron chi connectivity index (χ4n) is 3.40. The molecule has 36 heavy (non-hydrogen) atoms. The number of nitrogens with one attached hydrogen (secondary N) is 1. The number of thioether (sulfide) groups is 1. The summed E-state index contributed by atoms with van der Waals surface area (Å²) >= 11 is 13.5. The Labute approximate surface area is 225 Å². The highest BCUT2D eigenvalue weighted by molar-refractivity contribution is 7.98. The van der Waals surface area contributed by atoms with E-state index in [2.05, 4.69) is 5.32 Å². The molecule has 0 aliphatic heterocycles. The number of nitrogens with zero attached hydrogens (tertiary/aromatic N) is 1. The third kappa shape index (κ3) is 6.62. The Balaban J connectivity index is 1.54. The fourth-order valence-corrected chi connectivity index (χ4v) is 6.04. The van der Waals surface area contributed by atoms with Crippen LogP contribution in [0.3, 0.4) is 0 Å². The predicted molar refractivity (Wildman–Crippen MR) is 149 cm³/mol. The van der Waals surface area contributed by atoms with Gasteiger partial charge < -0.3 is 5.32 Å². The number of anilines is 2. The van der Waals surface area contributed by atoms with E-state index in [4.69, 9.17) is 23.2 Å². The molecule has 0 aliphatic carbocycles. The Morgan fingerprint density at radius 2 is 1.36 bits per heavy atom. The van der Waals surface area contributed by atoms with Gasteiger partial charge in [0.1, 0.15) is 6.54 Å². The molecular weight excluding hydrogens is 535 g/mol. The maximum atomic E-state index is 13.5. The van der Waals surface area contributed by atoms with Crippen molar-refractivity contribution in [1.29, 1.82) is 0 Å². The van der Waals surface area contributed by atoms with Crippen molar-refractivity contribution in [2.75, 3.05) is 16.2 Å². The average Bonchev–Trinajstić information content (AvgIpc) is 2.88. The largest absolute Gasteiger partial charge is 0.323 e. The Morgan fingerprint density at radius 1 is 0.778 bits per heavy atom. The highest BCUT2D eigenvalue weighted by atomic mass is 35.5. The van der Waals surface area contributed by atoms with Crippen LogP contribution in [0.2, 0.25) is 10.0 Å². The van der Waals surface area contributed by atoms with E-state index in [0.717, 1.165) is 14.8 Å². The van der Waals surface area contributed by atoms with Crippen molar-refractivity contribution in [3.8, 4) is 0 Å². The van der Waals surface area contributed by atoms with Gasteiger partial charge in [-0.15, -0.1) is 11.8 Å². The van der Waals surface area contributed by atoms with Crippen LogP contribution in [0.15, 0.2) is 113 Å². The van der Waals surface area contributed by atoms with Gasteiger partial charge >= 0.3 is 0 Å². The number of sulfonamides is 1. The molecule has 0 unspecified atom stereocenters. The lowest BCUT2D eigenvalue weighted by atomic mass is 10.2. The molecule has 184 valence electrons. The summed E-state index contributed by atoms with van der Waals surface area (Å²) in [5, 5.41) is 3.98. The van der Waals surface area contributed by atoms with Crippen molar-refractivity contribution in [1.82, 2.24) is 0 Å². The molecule has 5 nitrogen and oxygen atoms in total. The molecule has 1 N–H and O–H groups in total. The predicted octanol–water partition coefficient (Wildman–Crippen LogP) is 7.12. The van der Waals surface area contributed by atoms with Crippen LogP contribution in [0.5, 0.6) is 0 Å². The summed E-state index contributed by atoms with van der Waals surface area (Å²) in [6, 6.07) is 29.4. The molecule has 0 aromatic heterocycles. The molecule has 0 radical (unpaired) electrons. The normalized spacial score (nSPS) is 11.2. The van der Waals surface area contributed by atoms with Crippen molar-refractivity contribution in [2.24, 2.45) is 0 Å². The number of hydrogen-bond donors (Lipinski definition) is 1. The van der Waals surface area contributed by atoms with Gasteiger partial charge in [0.25, 0.3) is 10.0 Å². The van der Waals surface area contributed by atoms with Gasteiger partial charge in [0.05, 0.1) is 16.3 Å². The summed E-state index contributed by atoms with van der Waals surface area (Å²) in [5.41, 5.74) is 2.08. The quantitative estimate of drug-likeness (QED) is 0.223. The summed E-state index contributed by atoms with van der Waals surface area (Å²) < 4.78 is 28.0. The first-order chi connectivity index (χ1) is 17.3. The molecule has 4 rings (SSSR count). The number of hydrogen-bond acceptors (Lipinski definition) is 4. The van der Waals surface area contributed by atoms with Gasteiger partial charge in [0.15, 0.2) is 0 Å². The summed E-state index contributed by atoms with van der Waals surface area (Å²) in [4.78, 5) is 14.0. The molecule has 0 saturated heterocycles. The van der Waals surface area contributed by atoms with E-state index in [0.29, 0.717) is 27.2 Å². The molecule has 0 fully saturated rings. The first-order valence-electron chi connectivity index (χ1n) is 10.9. The number of halogens is 2. The van der Waals surface area contributed by atoms with Crippen molar-refractivity contribution in [2.45, 2.75) is 15.5 Å². The molecule has 0 heterocycles. The molecule has 0 aliphatic rings. The van der Waals surface area contributed by atoms with E-state index in [1.807, 2.05) is 42.5 Å². The Bertz CT molecular complexity index is 1430. The summed E-state index contributed by atoms with van der Waals surface area (Å²) in [7, 11) is -4.02. The lowest BCUT2D eigenvalue weighted by Crippen LogP contribution is -2.38. The van der Waals surface area contributed by atoms with Crippen molar-refractivity contribution in [3.63, 3.8) is 0 Å². The fraction of sp³-hybridized carbons (Fsp3) is 0.0741. The van der Waals surface area contributed by atoms with Gasteiger partial charge in [-0.1, -0.05) is 65.7 Å². The Kier molecular flexibility index (Phi) is 8.59. The topological polar surface area (TPSA) is 66.5 Å². The molecule has 9 heteroatoms. The van der Waals surface area contributed by atoms with E-state index in [9.17, 15) is 13.2 Å². The van der Waals surface area contributed by atoms with E-state index < -0.39 is 22.5 Å². The molecule has 0 spiro atoms. The highest BCUT2D eigenvalue weighted by Crippen LogP contribution is 2.31. The zero-order valence-electron chi connectivity index (χ0n) is 19.0. The monoisotopic (exact) mass is 556 g/mol. The van der Waals surface area contributed by atoms with Crippen molar-refractivity contribution in [3.05, 3.63) is 119 Å². The van der Waals surface area contributed by atoms with E-state index in [1.54, 1.807) is 48.2 Å².